The van der Waals surface area contributed by atoms with Crippen molar-refractivity contribution in [3.8, 4) is 45.0 Å². The van der Waals surface area contributed by atoms with Crippen LogP contribution in [0.4, 0.5) is 0 Å². The van der Waals surface area contributed by atoms with Gasteiger partial charge in [0.25, 0.3) is 0 Å². The maximum Gasteiger partial charge on any atom is 0.160 e. The second-order valence-electron chi connectivity index (χ2n) is 13.7. The zero-order valence-electron chi connectivity index (χ0n) is 28.2. The molecule has 0 aliphatic rings. The molecule has 11 aromatic rings. The van der Waals surface area contributed by atoms with Crippen LogP contribution in [0.25, 0.3) is 110 Å². The normalized spacial score (nSPS) is 11.8. The molecular formula is C50H30N2. The van der Waals surface area contributed by atoms with E-state index in [9.17, 15) is 0 Å². The molecule has 0 fully saturated rings. The zero-order chi connectivity index (χ0) is 34.2. The summed E-state index contributed by atoms with van der Waals surface area (Å²) in [5.41, 5.74) is 7.25. The summed E-state index contributed by atoms with van der Waals surface area (Å²) in [5.74, 6) is 0.718. The van der Waals surface area contributed by atoms with Gasteiger partial charge in [0.15, 0.2) is 5.82 Å². The average Bonchev–Trinajstić information content (AvgIpc) is 3.22. The minimum absolute atomic E-state index is 0.718. The smallest absolute Gasteiger partial charge is 0.160 e. The standard InChI is InChI=1S/C50H30N2/c1-3-11-31(12-4-1)44-30-45(52-50(51-44)35-13-5-2-6-14-35)37-19-7-18-36(27-37)39-28-38-26-25-34-16-9-21-41-40-20-8-15-32-23-24-33-17-10-22-42(48(33)46(32)40)43(29-39)49(38)47(34)41/h1-30H. The van der Waals surface area contributed by atoms with Crippen molar-refractivity contribution in [2.75, 3.05) is 0 Å². The van der Waals surface area contributed by atoms with Gasteiger partial charge in [-0.15, -0.1) is 0 Å². The van der Waals surface area contributed by atoms with Gasteiger partial charge >= 0.3 is 0 Å². The maximum atomic E-state index is 5.14. The summed E-state index contributed by atoms with van der Waals surface area (Å²) in [7, 11) is 0. The first kappa shape index (κ1) is 28.9. The molecule has 0 unspecified atom stereocenters. The Morgan fingerprint density at radius 1 is 0.250 bits per heavy atom. The summed E-state index contributed by atoms with van der Waals surface area (Å²) in [6.07, 6.45) is 0. The molecule has 0 bridgehead atoms. The van der Waals surface area contributed by atoms with Crippen LogP contribution >= 0.6 is 0 Å². The van der Waals surface area contributed by atoms with Crippen LogP contribution in [0.3, 0.4) is 0 Å². The molecule has 2 heteroatoms. The van der Waals surface area contributed by atoms with Crippen molar-refractivity contribution < 1.29 is 0 Å². The van der Waals surface area contributed by atoms with Gasteiger partial charge < -0.3 is 0 Å². The predicted octanol–water partition coefficient (Wildman–Crippen LogP) is 13.5. The number of aromatic nitrogens is 2. The third-order valence-corrected chi connectivity index (χ3v) is 10.7. The van der Waals surface area contributed by atoms with Gasteiger partial charge in [-0.25, -0.2) is 9.97 Å². The molecule has 2 nitrogen and oxygen atoms in total. The van der Waals surface area contributed by atoms with Crippen LogP contribution in [0, 0.1) is 0 Å². The minimum Gasteiger partial charge on any atom is -0.228 e. The van der Waals surface area contributed by atoms with Crippen molar-refractivity contribution in [3.63, 3.8) is 0 Å². The Morgan fingerprint density at radius 2 is 0.712 bits per heavy atom. The second-order valence-corrected chi connectivity index (χ2v) is 13.7. The van der Waals surface area contributed by atoms with Crippen LogP contribution < -0.4 is 0 Å². The molecule has 0 atom stereocenters. The van der Waals surface area contributed by atoms with Gasteiger partial charge in [-0.2, -0.15) is 0 Å². The first-order valence-electron chi connectivity index (χ1n) is 17.8. The van der Waals surface area contributed by atoms with Crippen LogP contribution in [-0.4, -0.2) is 9.97 Å². The van der Waals surface area contributed by atoms with E-state index >= 15 is 0 Å². The predicted molar refractivity (Wildman–Crippen MR) is 220 cm³/mol. The first-order chi connectivity index (χ1) is 25.8. The van der Waals surface area contributed by atoms with E-state index in [1.54, 1.807) is 0 Å². The van der Waals surface area contributed by atoms with Gasteiger partial charge in [0.2, 0.25) is 0 Å². The topological polar surface area (TPSA) is 25.8 Å². The van der Waals surface area contributed by atoms with E-state index in [0.29, 0.717) is 0 Å². The number of nitrogens with zero attached hydrogens (tertiary/aromatic N) is 2. The van der Waals surface area contributed by atoms with E-state index < -0.39 is 0 Å². The van der Waals surface area contributed by atoms with E-state index in [-0.39, 0.29) is 0 Å². The van der Waals surface area contributed by atoms with E-state index in [0.717, 1.165) is 39.5 Å². The molecule has 0 N–H and O–H groups in total. The molecule has 0 aliphatic heterocycles. The number of benzene rings is 9. The molecule has 1 aromatic heterocycles. The van der Waals surface area contributed by atoms with Crippen molar-refractivity contribution in [2.45, 2.75) is 0 Å². The Bertz CT molecular complexity index is 3100. The fraction of sp³-hybridized carbons (Fsp3) is 0. The Kier molecular flexibility index (Phi) is 6.28. The number of fused-ring (bicyclic) bond motifs is 2. The van der Waals surface area contributed by atoms with E-state index in [1.165, 1.54) is 70.2 Å². The largest absolute Gasteiger partial charge is 0.228 e. The minimum atomic E-state index is 0.718. The lowest BCUT2D eigenvalue weighted by molar-refractivity contribution is 1.18. The fourth-order valence-corrected chi connectivity index (χ4v) is 8.38. The molecule has 52 heavy (non-hydrogen) atoms. The van der Waals surface area contributed by atoms with Gasteiger partial charge in [0.05, 0.1) is 11.4 Å². The summed E-state index contributed by atoms with van der Waals surface area (Å²) in [4.78, 5) is 10.2. The molecule has 0 amide bonds. The molecule has 0 spiro atoms. The van der Waals surface area contributed by atoms with Crippen molar-refractivity contribution in [3.05, 3.63) is 182 Å². The number of hydrogen-bond acceptors (Lipinski definition) is 2. The number of hydrogen-bond donors (Lipinski definition) is 0. The molecule has 0 aliphatic carbocycles. The summed E-state index contributed by atoms with van der Waals surface area (Å²) in [5, 5.41) is 15.4. The molecule has 0 saturated heterocycles. The maximum absolute atomic E-state index is 5.14. The van der Waals surface area contributed by atoms with E-state index in [1.807, 2.05) is 24.3 Å². The summed E-state index contributed by atoms with van der Waals surface area (Å²) < 4.78 is 0. The lowest BCUT2D eigenvalue weighted by atomic mass is 9.86. The van der Waals surface area contributed by atoms with Crippen LogP contribution in [0.2, 0.25) is 0 Å². The van der Waals surface area contributed by atoms with Crippen molar-refractivity contribution >= 4 is 64.6 Å². The average molecular weight is 659 g/mol. The van der Waals surface area contributed by atoms with Crippen LogP contribution in [0.15, 0.2) is 182 Å². The molecule has 10 aromatic carbocycles. The Hall–Kier alpha value is -6.90. The summed E-state index contributed by atoms with van der Waals surface area (Å²) >= 11 is 0. The van der Waals surface area contributed by atoms with Gasteiger partial charge in [-0.05, 0) is 100 Å². The van der Waals surface area contributed by atoms with Gasteiger partial charge in [0, 0.05) is 16.7 Å². The molecule has 0 radical (unpaired) electrons. The van der Waals surface area contributed by atoms with Crippen molar-refractivity contribution in [1.82, 2.24) is 9.97 Å². The lowest BCUT2D eigenvalue weighted by Gasteiger charge is -2.17. The Morgan fingerprint density at radius 3 is 1.33 bits per heavy atom. The summed E-state index contributed by atoms with van der Waals surface area (Å²) in [6.45, 7) is 0. The molecular weight excluding hydrogens is 629 g/mol. The van der Waals surface area contributed by atoms with Crippen LogP contribution in [-0.2, 0) is 0 Å². The van der Waals surface area contributed by atoms with Gasteiger partial charge in [-0.3, -0.25) is 0 Å². The molecule has 0 saturated carbocycles. The highest BCUT2D eigenvalue weighted by molar-refractivity contribution is 6.37. The zero-order valence-corrected chi connectivity index (χ0v) is 28.2. The Balaban J connectivity index is 1.19. The first-order valence-corrected chi connectivity index (χ1v) is 17.8. The van der Waals surface area contributed by atoms with Crippen LogP contribution in [0.1, 0.15) is 0 Å². The highest BCUT2D eigenvalue weighted by Gasteiger charge is 2.17. The lowest BCUT2D eigenvalue weighted by Crippen LogP contribution is -1.96. The second kappa shape index (κ2) is 11.3. The summed E-state index contributed by atoms with van der Waals surface area (Å²) in [6, 6.07) is 65.8. The highest BCUT2D eigenvalue weighted by atomic mass is 14.9. The molecule has 11 rings (SSSR count). The monoisotopic (exact) mass is 658 g/mol. The van der Waals surface area contributed by atoms with Crippen LogP contribution in [0.5, 0.6) is 0 Å². The third-order valence-electron chi connectivity index (χ3n) is 10.7. The SMILES string of the molecule is c1ccc(-c2cc(-c3cccc(-c4cc5ccc6cccc7c8cccc9ccc%10cccc(c(c4)c5c67)c%10c98)c3)nc(-c3ccccc3)n2)cc1. The quantitative estimate of drug-likeness (QED) is 0.176. The van der Waals surface area contributed by atoms with Gasteiger partial charge in [0.1, 0.15) is 0 Å². The van der Waals surface area contributed by atoms with Crippen molar-refractivity contribution in [2.24, 2.45) is 0 Å². The molecule has 1 heterocycles. The third kappa shape index (κ3) is 4.44. The Labute approximate surface area is 300 Å². The van der Waals surface area contributed by atoms with Gasteiger partial charge in [-0.1, -0.05) is 158 Å². The highest BCUT2D eigenvalue weighted by Crippen LogP contribution is 2.44. The van der Waals surface area contributed by atoms with E-state index in [4.69, 9.17) is 9.97 Å². The van der Waals surface area contributed by atoms with Crippen molar-refractivity contribution in [1.29, 1.82) is 0 Å². The fourth-order valence-electron chi connectivity index (χ4n) is 8.38. The molecule has 240 valence electrons. The number of rotatable bonds is 4. The van der Waals surface area contributed by atoms with E-state index in [2.05, 4.69) is 158 Å².